The lowest BCUT2D eigenvalue weighted by Gasteiger charge is -2.02. The molecule has 3 heteroatoms. The molecular weight excluding hydrogens is 250 g/mol. The van der Waals surface area contributed by atoms with Gasteiger partial charge in [0.1, 0.15) is 0 Å². The van der Waals surface area contributed by atoms with Crippen molar-refractivity contribution in [2.75, 3.05) is 6.54 Å². The minimum atomic E-state index is -0.0730. The van der Waals surface area contributed by atoms with Crippen LogP contribution in [0.2, 0.25) is 0 Å². The van der Waals surface area contributed by atoms with Gasteiger partial charge in [-0.15, -0.1) is 0 Å². The van der Waals surface area contributed by atoms with E-state index in [9.17, 15) is 9.59 Å². The summed E-state index contributed by atoms with van der Waals surface area (Å²) in [6, 6.07) is 0. The van der Waals surface area contributed by atoms with Gasteiger partial charge in [0, 0.05) is 18.5 Å². The first-order valence-corrected chi connectivity index (χ1v) is 7.22. The smallest absolute Gasteiger partial charge is 0.246 e. The van der Waals surface area contributed by atoms with Gasteiger partial charge in [-0.05, 0) is 51.5 Å². The highest BCUT2D eigenvalue weighted by atomic mass is 16.1. The summed E-state index contributed by atoms with van der Waals surface area (Å²) in [7, 11) is 0. The molecule has 3 nitrogen and oxygen atoms in total. The molecule has 0 aromatic carbocycles. The third kappa shape index (κ3) is 10.3. The quantitative estimate of drug-likeness (QED) is 0.355. The Bertz CT molecular complexity index is 344. The molecule has 1 amide bonds. The zero-order valence-corrected chi connectivity index (χ0v) is 12.8. The van der Waals surface area contributed by atoms with Crippen LogP contribution in [-0.4, -0.2) is 18.2 Å². The van der Waals surface area contributed by atoms with Crippen LogP contribution in [0.15, 0.2) is 36.5 Å². The maximum atomic E-state index is 11.3. The van der Waals surface area contributed by atoms with Gasteiger partial charge in [0.05, 0.1) is 0 Å². The number of unbranched alkanes of at least 4 members (excludes halogenated alkanes) is 3. The Balaban J connectivity index is 3.41. The molecule has 0 unspecified atom stereocenters. The molecule has 0 aliphatic carbocycles. The molecule has 0 aromatic heterocycles. The predicted molar refractivity (Wildman–Crippen MR) is 84.5 cm³/mol. The zero-order valence-electron chi connectivity index (χ0n) is 12.8. The van der Waals surface area contributed by atoms with Crippen molar-refractivity contribution < 1.29 is 9.59 Å². The molecule has 0 heterocycles. The zero-order chi connectivity index (χ0) is 15.4. The Morgan fingerprint density at radius 3 is 2.10 bits per heavy atom. The van der Waals surface area contributed by atoms with Crippen molar-refractivity contribution in [3.8, 4) is 0 Å². The molecule has 0 rings (SSSR count). The first-order valence-electron chi connectivity index (χ1n) is 7.22. The maximum Gasteiger partial charge on any atom is 0.246 e. The third-order valence-corrected chi connectivity index (χ3v) is 2.89. The molecule has 1 N–H and O–H groups in total. The van der Waals surface area contributed by atoms with Crippen LogP contribution < -0.4 is 5.32 Å². The van der Waals surface area contributed by atoms with E-state index in [4.69, 9.17) is 0 Å². The number of allylic oxidation sites excluding steroid dienone is 3. The summed E-state index contributed by atoms with van der Waals surface area (Å²) in [4.78, 5) is 22.5. The number of amides is 1. The van der Waals surface area contributed by atoms with Crippen molar-refractivity contribution in [2.45, 2.75) is 52.4 Å². The fraction of sp³-hybridized carbons (Fsp3) is 0.529. The van der Waals surface area contributed by atoms with Crippen molar-refractivity contribution in [3.63, 3.8) is 0 Å². The van der Waals surface area contributed by atoms with Crippen molar-refractivity contribution in [1.82, 2.24) is 5.32 Å². The molecule has 0 saturated heterocycles. The van der Waals surface area contributed by atoms with E-state index in [1.807, 2.05) is 0 Å². The van der Waals surface area contributed by atoms with Crippen molar-refractivity contribution >= 4 is 11.7 Å². The van der Waals surface area contributed by atoms with Crippen LogP contribution in [0.1, 0.15) is 52.4 Å². The molecule has 0 aliphatic heterocycles. The standard InChI is InChI=1S/C17H27NO2/c1-14(2)16(19)12-10-8-6-5-7-9-11-13-18-17(20)15(3)4/h5,7H,1,3,6,8-13H2,2,4H3,(H,18,20)/b7-5+. The highest BCUT2D eigenvalue weighted by Gasteiger charge is 2.00. The van der Waals surface area contributed by atoms with Gasteiger partial charge in [0.15, 0.2) is 5.78 Å². The Morgan fingerprint density at radius 1 is 0.950 bits per heavy atom. The van der Waals surface area contributed by atoms with E-state index >= 15 is 0 Å². The number of nitrogens with one attached hydrogen (secondary N) is 1. The number of carbonyl (C=O) groups excluding carboxylic acids is 2. The average Bonchev–Trinajstić information content (AvgIpc) is 2.39. The van der Waals surface area contributed by atoms with E-state index in [0.29, 0.717) is 24.1 Å². The summed E-state index contributed by atoms with van der Waals surface area (Å²) in [5.74, 6) is 0.0957. The molecular formula is C17H27NO2. The Kier molecular flexibility index (Phi) is 10.3. The Hall–Kier alpha value is -1.64. The second-order valence-corrected chi connectivity index (χ2v) is 5.10. The van der Waals surface area contributed by atoms with Gasteiger partial charge in [-0.25, -0.2) is 0 Å². The largest absolute Gasteiger partial charge is 0.352 e. The van der Waals surface area contributed by atoms with Gasteiger partial charge in [0.25, 0.3) is 0 Å². The average molecular weight is 277 g/mol. The number of Topliss-reactive ketones (excluding diaryl/α,β-unsaturated/α-hetero) is 1. The fourth-order valence-corrected chi connectivity index (χ4v) is 1.57. The van der Waals surface area contributed by atoms with Gasteiger partial charge in [-0.3, -0.25) is 9.59 Å². The van der Waals surface area contributed by atoms with Crippen LogP contribution >= 0.6 is 0 Å². The molecule has 0 fully saturated rings. The SMILES string of the molecule is C=C(C)C(=O)CCCC/C=C/CCCNC(=O)C(=C)C. The summed E-state index contributed by atoms with van der Waals surface area (Å²) in [5, 5.41) is 2.80. The summed E-state index contributed by atoms with van der Waals surface area (Å²) in [6.07, 6.45) is 9.73. The lowest BCUT2D eigenvalue weighted by molar-refractivity contribution is -0.117. The number of hydrogen-bond acceptors (Lipinski definition) is 2. The number of carbonyl (C=O) groups is 2. The third-order valence-electron chi connectivity index (χ3n) is 2.89. The number of rotatable bonds is 11. The minimum Gasteiger partial charge on any atom is -0.352 e. The molecule has 0 aromatic rings. The summed E-state index contributed by atoms with van der Waals surface area (Å²) in [5.41, 5.74) is 1.20. The molecule has 0 spiro atoms. The van der Waals surface area contributed by atoms with E-state index in [2.05, 4.69) is 30.6 Å². The molecule has 0 aliphatic rings. The van der Waals surface area contributed by atoms with Crippen LogP contribution in [0.3, 0.4) is 0 Å². The first-order chi connectivity index (χ1) is 9.45. The monoisotopic (exact) mass is 277 g/mol. The molecule has 0 atom stereocenters. The van der Waals surface area contributed by atoms with Gasteiger partial charge >= 0.3 is 0 Å². The van der Waals surface area contributed by atoms with Gasteiger partial charge in [0.2, 0.25) is 5.91 Å². The van der Waals surface area contributed by atoms with E-state index in [1.54, 1.807) is 13.8 Å². The number of ketones is 1. The molecule has 0 bridgehead atoms. The second kappa shape index (κ2) is 11.2. The van der Waals surface area contributed by atoms with Crippen LogP contribution in [-0.2, 0) is 9.59 Å². The van der Waals surface area contributed by atoms with Crippen molar-refractivity contribution in [1.29, 1.82) is 0 Å². The molecule has 112 valence electrons. The van der Waals surface area contributed by atoms with Crippen LogP contribution in [0.25, 0.3) is 0 Å². The van der Waals surface area contributed by atoms with E-state index in [-0.39, 0.29) is 11.7 Å². The molecule has 20 heavy (non-hydrogen) atoms. The lowest BCUT2D eigenvalue weighted by atomic mass is 10.1. The van der Waals surface area contributed by atoms with Gasteiger partial charge in [-0.2, -0.15) is 0 Å². The van der Waals surface area contributed by atoms with Gasteiger partial charge in [-0.1, -0.05) is 25.3 Å². The Labute approximate surface area is 122 Å². The molecule has 0 radical (unpaired) electrons. The van der Waals surface area contributed by atoms with Crippen molar-refractivity contribution in [2.24, 2.45) is 0 Å². The highest BCUT2D eigenvalue weighted by molar-refractivity contribution is 5.94. The van der Waals surface area contributed by atoms with Gasteiger partial charge < -0.3 is 5.32 Å². The fourth-order valence-electron chi connectivity index (χ4n) is 1.57. The summed E-state index contributed by atoms with van der Waals surface area (Å²) >= 11 is 0. The summed E-state index contributed by atoms with van der Waals surface area (Å²) < 4.78 is 0. The lowest BCUT2D eigenvalue weighted by Crippen LogP contribution is -2.24. The van der Waals surface area contributed by atoms with Crippen LogP contribution in [0.5, 0.6) is 0 Å². The normalized spacial score (nSPS) is 10.5. The maximum absolute atomic E-state index is 11.3. The van der Waals surface area contributed by atoms with E-state index in [0.717, 1.165) is 32.1 Å². The van der Waals surface area contributed by atoms with Crippen LogP contribution in [0, 0.1) is 0 Å². The predicted octanol–water partition coefficient (Wildman–Crippen LogP) is 3.72. The summed E-state index contributed by atoms with van der Waals surface area (Å²) in [6.45, 7) is 11.4. The van der Waals surface area contributed by atoms with E-state index < -0.39 is 0 Å². The Morgan fingerprint density at radius 2 is 1.55 bits per heavy atom. The second-order valence-electron chi connectivity index (χ2n) is 5.10. The topological polar surface area (TPSA) is 46.2 Å². The van der Waals surface area contributed by atoms with E-state index in [1.165, 1.54) is 0 Å². The minimum absolute atomic E-state index is 0.0730. The first kappa shape index (κ1) is 18.4. The highest BCUT2D eigenvalue weighted by Crippen LogP contribution is 2.05. The van der Waals surface area contributed by atoms with Crippen molar-refractivity contribution in [3.05, 3.63) is 36.5 Å². The molecule has 0 saturated carbocycles. The van der Waals surface area contributed by atoms with Crippen LogP contribution in [0.4, 0.5) is 0 Å². The number of hydrogen-bond donors (Lipinski definition) is 1.